The van der Waals surface area contributed by atoms with E-state index in [2.05, 4.69) is 5.32 Å². The number of amides is 1. The second kappa shape index (κ2) is 15.4. The number of carbonyl (C=O) groups excluding carboxylic acids is 3. The summed E-state index contributed by atoms with van der Waals surface area (Å²) in [6.45, 7) is 8.31. The van der Waals surface area contributed by atoms with E-state index in [1.54, 1.807) is 20.1 Å². The van der Waals surface area contributed by atoms with E-state index in [4.69, 9.17) is 30.5 Å². The van der Waals surface area contributed by atoms with Gasteiger partial charge in [-0.15, -0.1) is 0 Å². The Morgan fingerprint density at radius 3 is 2.47 bits per heavy atom. The van der Waals surface area contributed by atoms with Crippen LogP contribution in [0.5, 0.6) is 0 Å². The molecule has 2 unspecified atom stereocenters. The molecule has 2 rings (SSSR count). The number of esters is 2. The lowest BCUT2D eigenvalue weighted by Gasteiger charge is -2.34. The smallest absolute Gasteiger partial charge is 0.309 e. The molecule has 1 aromatic carbocycles. The van der Waals surface area contributed by atoms with Crippen LogP contribution in [-0.2, 0) is 39.9 Å². The SMILES string of the molecule is CCOC(=O)CC(COCc1cccc(Cl)c1)NC(=O)C1(CC(CCOC)C(=O)OC(C)(C)C)CCCC1. The van der Waals surface area contributed by atoms with Crippen molar-refractivity contribution in [3.05, 3.63) is 34.9 Å². The van der Waals surface area contributed by atoms with E-state index < -0.39 is 28.9 Å². The summed E-state index contributed by atoms with van der Waals surface area (Å²) in [5, 5.41) is 3.67. The van der Waals surface area contributed by atoms with Crippen molar-refractivity contribution in [2.45, 2.75) is 90.9 Å². The van der Waals surface area contributed by atoms with Crippen LogP contribution in [0, 0.1) is 11.3 Å². The van der Waals surface area contributed by atoms with Crippen molar-refractivity contribution in [2.24, 2.45) is 11.3 Å². The lowest BCUT2D eigenvalue weighted by Crippen LogP contribution is -2.48. The summed E-state index contributed by atoms with van der Waals surface area (Å²) in [6.07, 6.45) is 3.95. The monoisotopic (exact) mass is 553 g/mol. The summed E-state index contributed by atoms with van der Waals surface area (Å²) in [5.41, 5.74) is -0.461. The highest BCUT2D eigenvalue weighted by Crippen LogP contribution is 2.44. The molecule has 0 aromatic heterocycles. The fourth-order valence-corrected chi connectivity index (χ4v) is 5.07. The van der Waals surface area contributed by atoms with Gasteiger partial charge in [0.25, 0.3) is 0 Å². The molecule has 2 atom stereocenters. The van der Waals surface area contributed by atoms with E-state index in [0.717, 1.165) is 18.4 Å². The van der Waals surface area contributed by atoms with Crippen molar-refractivity contribution in [3.63, 3.8) is 0 Å². The van der Waals surface area contributed by atoms with E-state index in [9.17, 15) is 14.4 Å². The maximum atomic E-state index is 13.8. The highest BCUT2D eigenvalue weighted by Gasteiger charge is 2.45. The van der Waals surface area contributed by atoms with Crippen LogP contribution in [0.3, 0.4) is 0 Å². The van der Waals surface area contributed by atoms with Crippen molar-refractivity contribution >= 4 is 29.4 Å². The van der Waals surface area contributed by atoms with Gasteiger partial charge in [-0.3, -0.25) is 14.4 Å². The fraction of sp³-hybridized carbons (Fsp3) is 0.690. The zero-order valence-corrected chi connectivity index (χ0v) is 24.2. The van der Waals surface area contributed by atoms with Crippen LogP contribution in [0.25, 0.3) is 0 Å². The number of halogens is 1. The van der Waals surface area contributed by atoms with E-state index in [1.807, 2.05) is 39.0 Å². The maximum absolute atomic E-state index is 13.8. The first-order chi connectivity index (χ1) is 18.0. The van der Waals surface area contributed by atoms with Gasteiger partial charge in [0.1, 0.15) is 5.60 Å². The lowest BCUT2D eigenvalue weighted by molar-refractivity contribution is -0.162. The molecular weight excluding hydrogens is 510 g/mol. The normalized spacial score (nSPS) is 16.5. The third kappa shape index (κ3) is 10.9. The van der Waals surface area contributed by atoms with Gasteiger partial charge in [0, 0.05) is 18.7 Å². The second-order valence-electron chi connectivity index (χ2n) is 11.0. The molecule has 1 aromatic rings. The number of methoxy groups -OCH3 is 1. The summed E-state index contributed by atoms with van der Waals surface area (Å²) in [4.78, 5) is 39.2. The number of carbonyl (C=O) groups is 3. The summed E-state index contributed by atoms with van der Waals surface area (Å²) in [5.74, 6) is -1.36. The van der Waals surface area contributed by atoms with Gasteiger partial charge in [0.2, 0.25) is 5.91 Å². The first kappa shape index (κ1) is 32.1. The van der Waals surface area contributed by atoms with Crippen LogP contribution in [0.15, 0.2) is 24.3 Å². The molecule has 1 amide bonds. The molecule has 0 saturated heterocycles. The van der Waals surface area contributed by atoms with Crippen LogP contribution in [0.2, 0.25) is 5.02 Å². The quantitative estimate of drug-likeness (QED) is 0.296. The van der Waals surface area contributed by atoms with Gasteiger partial charge in [-0.05, 0) is 71.1 Å². The molecule has 0 radical (unpaired) electrons. The molecule has 0 spiro atoms. The molecule has 1 saturated carbocycles. The predicted molar refractivity (Wildman–Crippen MR) is 146 cm³/mol. The molecule has 8 nitrogen and oxygen atoms in total. The maximum Gasteiger partial charge on any atom is 0.309 e. The highest BCUT2D eigenvalue weighted by molar-refractivity contribution is 6.30. The number of benzene rings is 1. The molecule has 1 aliphatic rings. The zero-order valence-electron chi connectivity index (χ0n) is 23.5. The lowest BCUT2D eigenvalue weighted by atomic mass is 9.75. The Labute approximate surface area is 232 Å². The molecule has 0 aliphatic heterocycles. The van der Waals surface area contributed by atoms with Gasteiger partial charge in [0.05, 0.1) is 43.6 Å². The predicted octanol–water partition coefficient (Wildman–Crippen LogP) is 5.24. The molecule has 9 heteroatoms. The topological polar surface area (TPSA) is 100 Å². The van der Waals surface area contributed by atoms with Gasteiger partial charge < -0.3 is 24.3 Å². The average molecular weight is 554 g/mol. The van der Waals surface area contributed by atoms with E-state index in [0.29, 0.717) is 43.9 Å². The first-order valence-electron chi connectivity index (χ1n) is 13.5. The van der Waals surface area contributed by atoms with Gasteiger partial charge in [-0.25, -0.2) is 0 Å². The van der Waals surface area contributed by atoms with Crippen molar-refractivity contribution < 1.29 is 33.3 Å². The van der Waals surface area contributed by atoms with E-state index in [1.165, 1.54) is 0 Å². The molecule has 1 fully saturated rings. The highest BCUT2D eigenvalue weighted by atomic mass is 35.5. The summed E-state index contributed by atoms with van der Waals surface area (Å²) >= 11 is 6.06. The molecule has 0 bridgehead atoms. The third-order valence-electron chi connectivity index (χ3n) is 6.62. The molecule has 0 heterocycles. The molecular formula is C29H44ClNO7. The van der Waals surface area contributed by atoms with E-state index in [-0.39, 0.29) is 31.5 Å². The Bertz CT molecular complexity index is 908. The second-order valence-corrected chi connectivity index (χ2v) is 11.5. The number of nitrogens with one attached hydrogen (secondary N) is 1. The minimum atomic E-state index is -0.727. The minimum absolute atomic E-state index is 0.00955. The molecule has 214 valence electrons. The van der Waals surface area contributed by atoms with Crippen LogP contribution >= 0.6 is 11.6 Å². The Hall–Kier alpha value is -2.16. The average Bonchev–Trinajstić information content (AvgIpc) is 3.30. The van der Waals surface area contributed by atoms with Gasteiger partial charge in [0.15, 0.2) is 0 Å². The van der Waals surface area contributed by atoms with Gasteiger partial charge in [-0.2, -0.15) is 0 Å². The van der Waals surface area contributed by atoms with Gasteiger partial charge in [-0.1, -0.05) is 36.6 Å². The number of ether oxygens (including phenoxy) is 4. The van der Waals surface area contributed by atoms with Crippen LogP contribution in [0.1, 0.15) is 78.2 Å². The summed E-state index contributed by atoms with van der Waals surface area (Å²) < 4.78 is 21.9. The van der Waals surface area contributed by atoms with Gasteiger partial charge >= 0.3 is 11.9 Å². The summed E-state index contributed by atoms with van der Waals surface area (Å²) in [7, 11) is 1.59. The molecule has 1 N–H and O–H groups in total. The van der Waals surface area contributed by atoms with Crippen molar-refractivity contribution in [1.82, 2.24) is 5.32 Å². The van der Waals surface area contributed by atoms with Crippen LogP contribution in [0.4, 0.5) is 0 Å². The standard InChI is InChI=1S/C29H44ClNO7/c1-6-37-25(32)17-24(20-36-19-21-10-9-11-23(30)16-21)31-27(34)29(13-7-8-14-29)18-22(12-15-35-5)26(33)38-28(2,3)4/h9-11,16,22,24H,6-8,12-15,17-20H2,1-5H3,(H,31,34). The van der Waals surface area contributed by atoms with E-state index >= 15 is 0 Å². The third-order valence-corrected chi connectivity index (χ3v) is 6.86. The van der Waals surface area contributed by atoms with Crippen molar-refractivity contribution in [2.75, 3.05) is 26.9 Å². The molecule has 1 aliphatic carbocycles. The van der Waals surface area contributed by atoms with Crippen LogP contribution < -0.4 is 5.32 Å². The minimum Gasteiger partial charge on any atom is -0.466 e. The largest absolute Gasteiger partial charge is 0.466 e. The Morgan fingerprint density at radius 1 is 1.16 bits per heavy atom. The number of rotatable bonds is 15. The first-order valence-corrected chi connectivity index (χ1v) is 13.9. The number of hydrogen-bond acceptors (Lipinski definition) is 7. The fourth-order valence-electron chi connectivity index (χ4n) is 4.85. The zero-order chi connectivity index (χ0) is 28.2. The van der Waals surface area contributed by atoms with Crippen LogP contribution in [-0.4, -0.2) is 56.4 Å². The molecule has 38 heavy (non-hydrogen) atoms. The Balaban J connectivity index is 2.15. The Kier molecular flexibility index (Phi) is 13.0. The summed E-state index contributed by atoms with van der Waals surface area (Å²) in [6, 6.07) is 6.76. The number of hydrogen-bond donors (Lipinski definition) is 1. The Morgan fingerprint density at radius 2 is 1.87 bits per heavy atom. The van der Waals surface area contributed by atoms with Crippen molar-refractivity contribution in [3.8, 4) is 0 Å². The van der Waals surface area contributed by atoms with Crippen molar-refractivity contribution in [1.29, 1.82) is 0 Å².